The van der Waals surface area contributed by atoms with Crippen molar-refractivity contribution in [3.05, 3.63) is 51.7 Å². The first kappa shape index (κ1) is 14.6. The summed E-state index contributed by atoms with van der Waals surface area (Å²) in [4.78, 5) is 18.6. The fourth-order valence-corrected chi connectivity index (χ4v) is 2.72. The highest BCUT2D eigenvalue weighted by atomic mass is 35.5. The molecule has 0 bridgehead atoms. The van der Waals surface area contributed by atoms with Gasteiger partial charge in [-0.15, -0.1) is 0 Å². The largest absolute Gasteiger partial charge is 0.362 e. The molecule has 1 N–H and O–H groups in total. The van der Waals surface area contributed by atoms with Crippen LogP contribution in [0.15, 0.2) is 35.3 Å². The number of nitrogens with zero attached hydrogens (tertiary/aromatic N) is 4. The number of halogens is 1. The van der Waals surface area contributed by atoms with E-state index >= 15 is 0 Å². The Labute approximate surface area is 132 Å². The van der Waals surface area contributed by atoms with Crippen molar-refractivity contribution in [3.63, 3.8) is 0 Å². The highest BCUT2D eigenvalue weighted by Gasteiger charge is 2.18. The quantitative estimate of drug-likeness (QED) is 0.805. The van der Waals surface area contributed by atoms with E-state index in [4.69, 9.17) is 11.6 Å². The second kappa shape index (κ2) is 5.46. The maximum Gasteiger partial charge on any atom is 0.350 e. The van der Waals surface area contributed by atoms with Crippen LogP contribution in [-0.2, 0) is 0 Å². The Bertz CT molecular complexity index is 870. The molecule has 0 fully saturated rings. The Balaban J connectivity index is 2.35. The standard InChI is InChI=1S/C15H16ClN5O/c1-9(12-6-7-17-19-12)21-13-8-10(16)4-5-11(13)14(20(2)3)18-15(21)22/h4-9H,1-3H3,(H,17,19). The highest BCUT2D eigenvalue weighted by molar-refractivity contribution is 6.31. The zero-order valence-electron chi connectivity index (χ0n) is 12.5. The number of H-pyrrole nitrogens is 1. The van der Waals surface area contributed by atoms with Gasteiger partial charge in [0.15, 0.2) is 0 Å². The summed E-state index contributed by atoms with van der Waals surface area (Å²) in [6, 6.07) is 7.06. The van der Waals surface area contributed by atoms with E-state index in [0.29, 0.717) is 10.8 Å². The van der Waals surface area contributed by atoms with Crippen LogP contribution in [0.25, 0.3) is 10.9 Å². The van der Waals surface area contributed by atoms with Crippen molar-refractivity contribution in [1.82, 2.24) is 19.7 Å². The molecule has 2 heterocycles. The van der Waals surface area contributed by atoms with E-state index in [2.05, 4.69) is 15.2 Å². The van der Waals surface area contributed by atoms with Gasteiger partial charge < -0.3 is 4.90 Å². The van der Waals surface area contributed by atoms with Crippen LogP contribution in [0.5, 0.6) is 0 Å². The molecule has 22 heavy (non-hydrogen) atoms. The number of anilines is 1. The van der Waals surface area contributed by atoms with Gasteiger partial charge in [0.25, 0.3) is 0 Å². The second-order valence-electron chi connectivity index (χ2n) is 5.32. The second-order valence-corrected chi connectivity index (χ2v) is 5.76. The molecule has 1 unspecified atom stereocenters. The minimum Gasteiger partial charge on any atom is -0.362 e. The summed E-state index contributed by atoms with van der Waals surface area (Å²) >= 11 is 6.13. The molecule has 1 atom stereocenters. The van der Waals surface area contributed by atoms with Gasteiger partial charge in [-0.25, -0.2) is 4.79 Å². The summed E-state index contributed by atoms with van der Waals surface area (Å²) in [6.07, 6.45) is 1.73. The van der Waals surface area contributed by atoms with E-state index in [0.717, 1.165) is 16.6 Å². The van der Waals surface area contributed by atoms with Crippen LogP contribution in [0.4, 0.5) is 5.82 Å². The molecule has 0 spiro atoms. The first-order valence-electron chi connectivity index (χ1n) is 6.88. The minimum atomic E-state index is -0.325. The summed E-state index contributed by atoms with van der Waals surface area (Å²) in [5, 5.41) is 8.38. The van der Waals surface area contributed by atoms with Crippen LogP contribution in [-0.4, -0.2) is 33.8 Å². The average molecular weight is 318 g/mol. The molecule has 0 saturated heterocycles. The first-order chi connectivity index (χ1) is 10.5. The predicted molar refractivity (Wildman–Crippen MR) is 87.7 cm³/mol. The highest BCUT2D eigenvalue weighted by Crippen LogP contribution is 2.27. The molecule has 0 aliphatic carbocycles. The molecular weight excluding hydrogens is 302 g/mol. The third kappa shape index (κ3) is 2.35. The number of aromatic nitrogens is 4. The first-order valence-corrected chi connectivity index (χ1v) is 7.25. The Hall–Kier alpha value is -2.34. The summed E-state index contributed by atoms with van der Waals surface area (Å²) in [5.41, 5.74) is 1.18. The summed E-state index contributed by atoms with van der Waals surface area (Å²) in [6.45, 7) is 1.91. The SMILES string of the molecule is CC(c1cc[nH]n1)n1c(=O)nc(N(C)C)c2ccc(Cl)cc21. The van der Waals surface area contributed by atoms with Gasteiger partial charge >= 0.3 is 5.69 Å². The lowest BCUT2D eigenvalue weighted by Crippen LogP contribution is -2.29. The zero-order chi connectivity index (χ0) is 15.9. The van der Waals surface area contributed by atoms with Crippen LogP contribution in [0, 0.1) is 0 Å². The number of hydrogen-bond acceptors (Lipinski definition) is 4. The Morgan fingerprint density at radius 3 is 2.73 bits per heavy atom. The number of benzene rings is 1. The third-order valence-corrected chi connectivity index (χ3v) is 3.86. The molecule has 1 aromatic carbocycles. The summed E-state index contributed by atoms with van der Waals surface area (Å²) in [7, 11) is 3.72. The number of rotatable bonds is 3. The van der Waals surface area contributed by atoms with Gasteiger partial charge in [0.05, 0.1) is 17.3 Å². The number of aromatic amines is 1. The number of fused-ring (bicyclic) bond motifs is 1. The van der Waals surface area contributed by atoms with Gasteiger partial charge in [-0.05, 0) is 31.2 Å². The van der Waals surface area contributed by atoms with E-state index in [9.17, 15) is 4.79 Å². The van der Waals surface area contributed by atoms with Gasteiger partial charge in [0.1, 0.15) is 5.82 Å². The molecule has 7 heteroatoms. The topological polar surface area (TPSA) is 66.8 Å². The van der Waals surface area contributed by atoms with Crippen LogP contribution >= 0.6 is 11.6 Å². The maximum absolute atomic E-state index is 12.6. The van der Waals surface area contributed by atoms with Crippen LogP contribution < -0.4 is 10.6 Å². The number of hydrogen-bond donors (Lipinski definition) is 1. The number of nitrogens with one attached hydrogen (secondary N) is 1. The van der Waals surface area contributed by atoms with Crippen molar-refractivity contribution in [3.8, 4) is 0 Å². The third-order valence-electron chi connectivity index (χ3n) is 3.63. The summed E-state index contributed by atoms with van der Waals surface area (Å²) in [5.74, 6) is 0.627. The van der Waals surface area contributed by atoms with Gasteiger partial charge in [-0.2, -0.15) is 10.1 Å². The van der Waals surface area contributed by atoms with E-state index in [-0.39, 0.29) is 11.7 Å². The lowest BCUT2D eigenvalue weighted by Gasteiger charge is -2.20. The van der Waals surface area contributed by atoms with Crippen LogP contribution in [0.1, 0.15) is 18.7 Å². The van der Waals surface area contributed by atoms with E-state index in [1.54, 1.807) is 22.9 Å². The van der Waals surface area contributed by atoms with Gasteiger partial charge in [0, 0.05) is 30.7 Å². The molecule has 0 aliphatic rings. The van der Waals surface area contributed by atoms with Crippen molar-refractivity contribution in [2.24, 2.45) is 0 Å². The molecule has 3 rings (SSSR count). The van der Waals surface area contributed by atoms with Gasteiger partial charge in [0.2, 0.25) is 0 Å². The van der Waals surface area contributed by atoms with Crippen molar-refractivity contribution in [2.75, 3.05) is 19.0 Å². The Morgan fingerprint density at radius 2 is 2.09 bits per heavy atom. The lowest BCUT2D eigenvalue weighted by molar-refractivity contribution is 0.603. The van der Waals surface area contributed by atoms with Gasteiger partial charge in [-0.1, -0.05) is 11.6 Å². The fraction of sp³-hybridized carbons (Fsp3) is 0.267. The molecule has 0 aliphatic heterocycles. The smallest absolute Gasteiger partial charge is 0.350 e. The van der Waals surface area contributed by atoms with E-state index in [1.165, 1.54) is 0 Å². The molecule has 6 nitrogen and oxygen atoms in total. The molecule has 114 valence electrons. The molecule has 2 aromatic heterocycles. The van der Waals surface area contributed by atoms with E-state index in [1.807, 2.05) is 38.1 Å². The van der Waals surface area contributed by atoms with Crippen LogP contribution in [0.2, 0.25) is 5.02 Å². The molecule has 0 amide bonds. The van der Waals surface area contributed by atoms with Crippen LogP contribution in [0.3, 0.4) is 0 Å². The van der Waals surface area contributed by atoms with Crippen molar-refractivity contribution < 1.29 is 0 Å². The van der Waals surface area contributed by atoms with Crippen molar-refractivity contribution in [1.29, 1.82) is 0 Å². The fourth-order valence-electron chi connectivity index (χ4n) is 2.55. The summed E-state index contributed by atoms with van der Waals surface area (Å²) < 4.78 is 1.62. The Kier molecular flexibility index (Phi) is 3.62. The van der Waals surface area contributed by atoms with E-state index < -0.39 is 0 Å². The van der Waals surface area contributed by atoms with Gasteiger partial charge in [-0.3, -0.25) is 9.67 Å². The maximum atomic E-state index is 12.6. The Morgan fingerprint density at radius 1 is 1.32 bits per heavy atom. The minimum absolute atomic E-state index is 0.247. The molecule has 0 saturated carbocycles. The monoisotopic (exact) mass is 317 g/mol. The van der Waals surface area contributed by atoms with Crippen molar-refractivity contribution >= 4 is 28.3 Å². The van der Waals surface area contributed by atoms with Crippen molar-refractivity contribution in [2.45, 2.75) is 13.0 Å². The zero-order valence-corrected chi connectivity index (χ0v) is 13.3. The lowest BCUT2D eigenvalue weighted by atomic mass is 10.1. The average Bonchev–Trinajstić information content (AvgIpc) is 2.99. The predicted octanol–water partition coefficient (Wildman–Crippen LogP) is 2.45. The molecular formula is C15H16ClN5O. The molecule has 0 radical (unpaired) electrons. The molecule has 3 aromatic rings. The normalized spacial score (nSPS) is 12.5.